The second kappa shape index (κ2) is 9.24. The van der Waals surface area contributed by atoms with Crippen LogP contribution in [0.25, 0.3) is 11.4 Å². The molecule has 28 heavy (non-hydrogen) atoms. The van der Waals surface area contributed by atoms with E-state index in [0.29, 0.717) is 17.1 Å². The number of carboxylic acid groups (broad SMARTS) is 1. The zero-order chi connectivity index (χ0) is 21.1. The van der Waals surface area contributed by atoms with Crippen molar-refractivity contribution < 1.29 is 19.4 Å². The SMILES string of the molecule is COc1cc(-c2nc(C(Cl)(Cl)Cl)nc(C(Cl)(Cl)Cl)n2)ccc1OCCC(=O)O. The van der Waals surface area contributed by atoms with Crippen molar-refractivity contribution in [1.29, 1.82) is 0 Å². The van der Waals surface area contributed by atoms with Crippen LogP contribution in [0, 0.1) is 0 Å². The lowest BCUT2D eigenvalue weighted by Gasteiger charge is -2.16. The van der Waals surface area contributed by atoms with Crippen LogP contribution in [-0.2, 0) is 12.4 Å². The highest BCUT2D eigenvalue weighted by Gasteiger charge is 2.34. The number of benzene rings is 1. The third kappa shape index (κ3) is 6.27. The molecule has 0 fully saturated rings. The van der Waals surface area contributed by atoms with Gasteiger partial charge in [0, 0.05) is 5.56 Å². The normalized spacial score (nSPS) is 12.0. The average molecular weight is 510 g/mol. The fourth-order valence-electron chi connectivity index (χ4n) is 1.93. The van der Waals surface area contributed by atoms with Crippen LogP contribution in [0.15, 0.2) is 18.2 Å². The molecule has 0 radical (unpaired) electrons. The molecule has 2 rings (SSSR count). The molecule has 7 nitrogen and oxygen atoms in total. The van der Waals surface area contributed by atoms with E-state index in [1.165, 1.54) is 13.2 Å². The van der Waals surface area contributed by atoms with Gasteiger partial charge < -0.3 is 14.6 Å². The van der Waals surface area contributed by atoms with Crippen LogP contribution in [0.3, 0.4) is 0 Å². The van der Waals surface area contributed by atoms with Crippen molar-refractivity contribution in [1.82, 2.24) is 15.0 Å². The van der Waals surface area contributed by atoms with E-state index in [2.05, 4.69) is 15.0 Å². The summed E-state index contributed by atoms with van der Waals surface area (Å²) >= 11 is 35.2. The first-order valence-corrected chi connectivity index (χ1v) is 9.62. The number of carbonyl (C=O) groups is 1. The number of ether oxygens (including phenoxy) is 2. The molecule has 152 valence electrons. The van der Waals surface area contributed by atoms with Gasteiger partial charge in [-0.15, -0.1) is 0 Å². The highest BCUT2D eigenvalue weighted by atomic mass is 35.6. The van der Waals surface area contributed by atoms with Gasteiger partial charge in [-0.3, -0.25) is 4.79 Å². The molecule has 0 unspecified atom stereocenters. The predicted molar refractivity (Wildman–Crippen MR) is 108 cm³/mol. The molecule has 1 heterocycles. The van der Waals surface area contributed by atoms with E-state index in [4.69, 9.17) is 84.2 Å². The zero-order valence-corrected chi connectivity index (χ0v) is 18.5. The van der Waals surface area contributed by atoms with Crippen molar-refractivity contribution in [2.24, 2.45) is 0 Å². The number of nitrogens with zero attached hydrogens (tertiary/aromatic N) is 3. The monoisotopic (exact) mass is 507 g/mol. The number of carboxylic acids is 1. The van der Waals surface area contributed by atoms with Gasteiger partial charge >= 0.3 is 5.97 Å². The number of rotatable bonds is 6. The van der Waals surface area contributed by atoms with Crippen LogP contribution >= 0.6 is 69.6 Å². The predicted octanol–water partition coefficient (Wildman–Crippen LogP) is 5.05. The van der Waals surface area contributed by atoms with E-state index in [9.17, 15) is 4.79 Å². The van der Waals surface area contributed by atoms with Crippen LogP contribution < -0.4 is 9.47 Å². The largest absolute Gasteiger partial charge is 0.493 e. The summed E-state index contributed by atoms with van der Waals surface area (Å²) in [7, 11) is 1.41. The van der Waals surface area contributed by atoms with E-state index in [-0.39, 0.29) is 30.5 Å². The quantitative estimate of drug-likeness (QED) is 0.544. The lowest BCUT2D eigenvalue weighted by atomic mass is 10.2. The van der Waals surface area contributed by atoms with E-state index in [1.807, 2.05) is 0 Å². The van der Waals surface area contributed by atoms with E-state index < -0.39 is 13.6 Å². The molecule has 1 aromatic heterocycles. The van der Waals surface area contributed by atoms with Crippen molar-refractivity contribution in [3.8, 4) is 22.9 Å². The van der Waals surface area contributed by atoms with Crippen LogP contribution in [0.2, 0.25) is 0 Å². The summed E-state index contributed by atoms with van der Waals surface area (Å²) in [6, 6.07) is 4.66. The first-order chi connectivity index (χ1) is 12.9. The molecule has 0 atom stereocenters. The van der Waals surface area contributed by atoms with Gasteiger partial charge in [0.25, 0.3) is 0 Å². The number of methoxy groups -OCH3 is 1. The number of hydrogen-bond acceptors (Lipinski definition) is 6. The second-order valence-electron chi connectivity index (χ2n) is 5.16. The topological polar surface area (TPSA) is 94.4 Å². The highest BCUT2D eigenvalue weighted by Crippen LogP contribution is 2.41. The molecule has 1 N–H and O–H groups in total. The molecule has 0 aliphatic carbocycles. The molecule has 0 aliphatic rings. The van der Waals surface area contributed by atoms with Gasteiger partial charge in [-0.25, -0.2) is 15.0 Å². The summed E-state index contributed by atoms with van der Waals surface area (Å²) in [5.41, 5.74) is 0.427. The van der Waals surface area contributed by atoms with Gasteiger partial charge in [-0.1, -0.05) is 69.6 Å². The minimum Gasteiger partial charge on any atom is -0.493 e. The van der Waals surface area contributed by atoms with Crippen molar-refractivity contribution in [2.45, 2.75) is 14.0 Å². The zero-order valence-electron chi connectivity index (χ0n) is 13.9. The maximum Gasteiger partial charge on any atom is 0.306 e. The first kappa shape index (κ1) is 23.3. The maximum absolute atomic E-state index is 10.6. The molecular weight excluding hydrogens is 499 g/mol. The molecule has 0 saturated carbocycles. The van der Waals surface area contributed by atoms with Gasteiger partial charge in [0.05, 0.1) is 20.1 Å². The lowest BCUT2D eigenvalue weighted by molar-refractivity contribution is -0.137. The summed E-state index contributed by atoms with van der Waals surface area (Å²) in [5, 5.41) is 8.70. The maximum atomic E-state index is 10.6. The Hall–Kier alpha value is -0.960. The number of halogens is 6. The fourth-order valence-corrected chi connectivity index (χ4v) is 2.44. The van der Waals surface area contributed by atoms with Crippen LogP contribution in [0.5, 0.6) is 11.5 Å². The second-order valence-corrected chi connectivity index (χ2v) is 9.72. The van der Waals surface area contributed by atoms with Gasteiger partial charge in [-0.05, 0) is 18.2 Å². The Labute approximate surface area is 189 Å². The van der Waals surface area contributed by atoms with E-state index in [1.54, 1.807) is 12.1 Å². The summed E-state index contributed by atoms with van der Waals surface area (Å²) in [5.74, 6) is -0.764. The summed E-state index contributed by atoms with van der Waals surface area (Å²) in [6.45, 7) is -0.0361. The minimum atomic E-state index is -1.98. The molecule has 0 saturated heterocycles. The standard InChI is InChI=1S/C15H11Cl6N3O4/c1-27-9-6-7(2-3-8(9)28-5-4-10(25)26)11-22-12(14(16,17)18)24-13(23-11)15(19,20)21/h2-3,6H,4-5H2,1H3,(H,25,26). The fraction of sp³-hybridized carbons (Fsp3) is 0.333. The van der Waals surface area contributed by atoms with Gasteiger partial charge in [0.2, 0.25) is 7.59 Å². The third-order valence-electron chi connectivity index (χ3n) is 3.14. The van der Waals surface area contributed by atoms with Gasteiger partial charge in [-0.2, -0.15) is 0 Å². The Morgan fingerprint density at radius 3 is 2.04 bits per heavy atom. The smallest absolute Gasteiger partial charge is 0.306 e. The molecule has 13 heteroatoms. The Morgan fingerprint density at radius 1 is 1.00 bits per heavy atom. The van der Waals surface area contributed by atoms with Crippen molar-refractivity contribution in [2.75, 3.05) is 13.7 Å². The van der Waals surface area contributed by atoms with Crippen molar-refractivity contribution in [3.05, 3.63) is 29.8 Å². The van der Waals surface area contributed by atoms with E-state index in [0.717, 1.165) is 0 Å². The first-order valence-electron chi connectivity index (χ1n) is 7.35. The summed E-state index contributed by atoms with van der Waals surface area (Å²) in [4.78, 5) is 22.7. The summed E-state index contributed by atoms with van der Waals surface area (Å²) in [6.07, 6.45) is -0.169. The average Bonchev–Trinajstić information content (AvgIpc) is 2.59. The Balaban J connectivity index is 2.47. The number of hydrogen-bond donors (Lipinski definition) is 1. The van der Waals surface area contributed by atoms with Crippen LogP contribution in [0.4, 0.5) is 0 Å². The number of aromatic nitrogens is 3. The third-order valence-corrected chi connectivity index (χ3v) is 4.15. The van der Waals surface area contributed by atoms with Gasteiger partial charge in [0.1, 0.15) is 0 Å². The Morgan fingerprint density at radius 2 is 1.57 bits per heavy atom. The molecule has 2 aromatic rings. The van der Waals surface area contributed by atoms with E-state index >= 15 is 0 Å². The lowest BCUT2D eigenvalue weighted by Crippen LogP contribution is -2.16. The molecule has 1 aromatic carbocycles. The molecular formula is C15H11Cl6N3O4. The molecule has 0 amide bonds. The van der Waals surface area contributed by atoms with Crippen molar-refractivity contribution in [3.63, 3.8) is 0 Å². The highest BCUT2D eigenvalue weighted by molar-refractivity contribution is 6.67. The van der Waals surface area contributed by atoms with Crippen molar-refractivity contribution >= 4 is 75.6 Å². The number of alkyl halides is 6. The van der Waals surface area contributed by atoms with Crippen LogP contribution in [0.1, 0.15) is 18.1 Å². The molecule has 0 aliphatic heterocycles. The Bertz CT molecular complexity index is 838. The van der Waals surface area contributed by atoms with Gasteiger partial charge in [0.15, 0.2) is 29.0 Å². The minimum absolute atomic E-state index is 0.0361. The Kier molecular flexibility index (Phi) is 7.69. The number of aliphatic carboxylic acids is 1. The summed E-state index contributed by atoms with van der Waals surface area (Å²) < 4.78 is 6.70. The molecule has 0 bridgehead atoms. The van der Waals surface area contributed by atoms with Crippen LogP contribution in [-0.4, -0.2) is 39.7 Å². The molecule has 0 spiro atoms.